The van der Waals surface area contributed by atoms with Crippen LogP contribution in [0.25, 0.3) is 0 Å². The van der Waals surface area contributed by atoms with E-state index in [0.717, 1.165) is 43.4 Å². The lowest BCUT2D eigenvalue weighted by molar-refractivity contribution is -0.0116. The first kappa shape index (κ1) is 38.8. The highest BCUT2D eigenvalue weighted by atomic mass is 35.5. The molecule has 0 saturated heterocycles. The first-order valence-corrected chi connectivity index (χ1v) is 22.4. The van der Waals surface area contributed by atoms with Gasteiger partial charge in [0.05, 0.1) is 35.2 Å². The summed E-state index contributed by atoms with van der Waals surface area (Å²) in [5.41, 5.74) is 4.13. The summed E-state index contributed by atoms with van der Waals surface area (Å²) in [5.74, 6) is 0.0806. The second kappa shape index (κ2) is 15.6. The summed E-state index contributed by atoms with van der Waals surface area (Å²) in [6.45, 7) is 7.45. The zero-order valence-corrected chi connectivity index (χ0v) is 33.5. The number of aryl methyl sites for hydroxylation is 2. The molecule has 10 nitrogen and oxygen atoms in total. The topological polar surface area (TPSA) is 131 Å². The number of amides is 1. The normalized spacial score (nSPS) is 28.8. The van der Waals surface area contributed by atoms with Gasteiger partial charge < -0.3 is 14.4 Å². The maximum absolute atomic E-state index is 13.6. The Morgan fingerprint density at radius 2 is 1.89 bits per heavy atom. The van der Waals surface area contributed by atoms with Gasteiger partial charge in [0.2, 0.25) is 20.0 Å². The molecule has 1 fully saturated rings. The summed E-state index contributed by atoms with van der Waals surface area (Å²) in [6, 6.07) is 18.1. The fourth-order valence-electron chi connectivity index (χ4n) is 8.49. The Kier molecular flexibility index (Phi) is 11.2. The number of rotatable bonds is 6. The standard InChI is InChI=1S/C41H50ClN3O7S2.2H2/c1-27-9-14-34(15-10-27)54(49,50)43-20-21-51-38-8-4-6-28(2)29(3)53(47,48)44-40(46)31-12-18-39-37(23-31)45(24-32-11-16-35(32)38)25-41(26-52-39)19-5-7-30-22-33(42)13-17-36(30)41;;/h4,8-10,12-15,17-18,22-23,28-29,32,35,38,43H,5-7,11,16,19-21,24-26H2,1-3H3,(H,44,46);2*1H/b8-4+;;/t28-,29+,32-,35+,38-,41-;;/m0../s1. The van der Waals surface area contributed by atoms with Crippen LogP contribution in [0.1, 0.15) is 75.9 Å². The second-order valence-electron chi connectivity index (χ2n) is 15.7. The van der Waals surface area contributed by atoms with E-state index in [1.807, 2.05) is 32.1 Å². The molecule has 1 spiro atoms. The van der Waals surface area contributed by atoms with Crippen molar-refractivity contribution < 1.29 is 34.0 Å². The van der Waals surface area contributed by atoms with Gasteiger partial charge in [-0.05, 0) is 124 Å². The van der Waals surface area contributed by atoms with E-state index >= 15 is 0 Å². The molecule has 1 saturated carbocycles. The van der Waals surface area contributed by atoms with E-state index in [9.17, 15) is 21.6 Å². The van der Waals surface area contributed by atoms with Gasteiger partial charge in [-0.15, -0.1) is 0 Å². The van der Waals surface area contributed by atoms with E-state index in [1.165, 1.54) is 11.1 Å². The minimum Gasteiger partial charge on any atom is -0.490 e. The molecule has 7 rings (SSSR count). The SMILES string of the molecule is Cc1ccc(S(=O)(=O)NCCO[C@H]2/C=C/C[C@H](C)[C@@H](C)S(=O)(=O)NC(=O)c3ccc4c(c3)N(C[C@@H]3CC[C@H]32)C[C@@]2(CCCc3cc(Cl)ccc32)CO4)cc1.[HH].[HH]. The predicted molar refractivity (Wildman–Crippen MR) is 216 cm³/mol. The van der Waals surface area contributed by atoms with Gasteiger partial charge in [0, 0.05) is 38.5 Å². The first-order chi connectivity index (χ1) is 25.7. The van der Waals surface area contributed by atoms with Gasteiger partial charge in [-0.1, -0.05) is 54.4 Å². The molecule has 4 aliphatic rings. The Bertz CT molecular complexity index is 2140. The molecule has 2 aliphatic carbocycles. The third-order valence-corrected chi connectivity index (χ3v) is 15.7. The zero-order valence-electron chi connectivity index (χ0n) is 31.1. The number of carbonyl (C=O) groups is 1. The molecule has 2 aliphatic heterocycles. The molecule has 2 N–H and O–H groups in total. The van der Waals surface area contributed by atoms with E-state index in [2.05, 4.69) is 26.5 Å². The average Bonchev–Trinajstić information content (AvgIpc) is 3.27. The number of hydrogen-bond donors (Lipinski definition) is 2. The van der Waals surface area contributed by atoms with Crippen molar-refractivity contribution in [3.05, 3.63) is 100 Å². The van der Waals surface area contributed by atoms with E-state index in [-0.39, 0.29) is 55.7 Å². The minimum atomic E-state index is -4.00. The number of ether oxygens (including phenoxy) is 2. The quantitative estimate of drug-likeness (QED) is 0.201. The molecule has 0 unspecified atom stereocenters. The fraction of sp³-hybridized carbons (Fsp3) is 0.488. The third kappa shape index (κ3) is 8.09. The van der Waals surface area contributed by atoms with Crippen LogP contribution < -0.4 is 19.1 Å². The number of allylic oxidation sites excluding steroid dienone is 1. The van der Waals surface area contributed by atoms with Crippen molar-refractivity contribution in [1.29, 1.82) is 0 Å². The molecular formula is C41H54ClN3O7S2. The highest BCUT2D eigenvalue weighted by Gasteiger charge is 2.44. The third-order valence-electron chi connectivity index (χ3n) is 12.0. The molecule has 13 heteroatoms. The van der Waals surface area contributed by atoms with Crippen molar-refractivity contribution in [2.45, 2.75) is 81.0 Å². The number of anilines is 1. The number of nitrogens with zero attached hydrogens (tertiary/aromatic N) is 1. The van der Waals surface area contributed by atoms with Crippen LogP contribution >= 0.6 is 11.6 Å². The smallest absolute Gasteiger partial charge is 0.264 e. The van der Waals surface area contributed by atoms with Crippen LogP contribution in [0.15, 0.2) is 77.7 Å². The summed E-state index contributed by atoms with van der Waals surface area (Å²) in [7, 11) is -7.70. The Balaban J connectivity index is 0.00000300. The molecule has 2 bridgehead atoms. The number of fused-ring (bicyclic) bond motifs is 4. The number of nitrogens with one attached hydrogen (secondary N) is 2. The lowest BCUT2D eigenvalue weighted by Gasteiger charge is -2.46. The van der Waals surface area contributed by atoms with Gasteiger partial charge in [-0.2, -0.15) is 0 Å². The van der Waals surface area contributed by atoms with Crippen molar-refractivity contribution in [3.63, 3.8) is 0 Å². The fourth-order valence-corrected chi connectivity index (χ4v) is 11.0. The van der Waals surface area contributed by atoms with Gasteiger partial charge in [0.25, 0.3) is 5.91 Å². The number of halogens is 1. The summed E-state index contributed by atoms with van der Waals surface area (Å²) in [4.78, 5) is 16.1. The van der Waals surface area contributed by atoms with E-state index < -0.39 is 31.2 Å². The predicted octanol–water partition coefficient (Wildman–Crippen LogP) is 7.05. The van der Waals surface area contributed by atoms with Crippen molar-refractivity contribution in [1.82, 2.24) is 9.44 Å². The van der Waals surface area contributed by atoms with Crippen molar-refractivity contribution in [3.8, 4) is 5.75 Å². The summed E-state index contributed by atoms with van der Waals surface area (Å²) < 4.78 is 71.0. The summed E-state index contributed by atoms with van der Waals surface area (Å²) in [5, 5.41) is -0.131. The second-order valence-corrected chi connectivity index (χ2v) is 19.9. The summed E-state index contributed by atoms with van der Waals surface area (Å²) >= 11 is 6.46. The van der Waals surface area contributed by atoms with Crippen LogP contribution in [0, 0.1) is 24.7 Å². The van der Waals surface area contributed by atoms with Gasteiger partial charge in [-0.3, -0.25) is 4.79 Å². The maximum Gasteiger partial charge on any atom is 0.264 e. The molecule has 6 atom stereocenters. The number of benzene rings is 3. The Labute approximate surface area is 327 Å². The van der Waals surface area contributed by atoms with Crippen molar-refractivity contribution in [2.24, 2.45) is 17.8 Å². The molecule has 294 valence electrons. The molecule has 1 amide bonds. The molecule has 54 heavy (non-hydrogen) atoms. The van der Waals surface area contributed by atoms with Gasteiger partial charge in [0.15, 0.2) is 0 Å². The van der Waals surface area contributed by atoms with E-state index in [1.54, 1.807) is 49.4 Å². The Morgan fingerprint density at radius 3 is 2.65 bits per heavy atom. The molecular weight excluding hydrogens is 746 g/mol. The first-order valence-electron chi connectivity index (χ1n) is 19.0. The lowest BCUT2D eigenvalue weighted by Crippen LogP contribution is -2.50. The van der Waals surface area contributed by atoms with Crippen molar-refractivity contribution >= 4 is 43.2 Å². The molecule has 0 radical (unpaired) electrons. The maximum atomic E-state index is 13.6. The lowest BCUT2D eigenvalue weighted by atomic mass is 9.68. The number of sulfonamides is 2. The summed E-state index contributed by atoms with van der Waals surface area (Å²) in [6.07, 6.45) is 8.92. The van der Waals surface area contributed by atoms with Crippen molar-refractivity contribution in [2.75, 3.05) is 37.7 Å². The molecule has 3 aromatic rings. The zero-order chi connectivity index (χ0) is 38.3. The number of hydrogen-bond acceptors (Lipinski definition) is 8. The van der Waals surface area contributed by atoms with Gasteiger partial charge in [0.1, 0.15) is 5.75 Å². The van der Waals surface area contributed by atoms with Crippen LogP contribution in [0.3, 0.4) is 0 Å². The molecule has 0 aromatic heterocycles. The van der Waals surface area contributed by atoms with Crippen LogP contribution in [0.5, 0.6) is 5.75 Å². The van der Waals surface area contributed by atoms with Crippen LogP contribution in [-0.2, 0) is 36.6 Å². The minimum absolute atomic E-state index is 0. The number of carbonyl (C=O) groups excluding carboxylic acids is 1. The average molecular weight is 800 g/mol. The van der Waals surface area contributed by atoms with Crippen LogP contribution in [0.2, 0.25) is 5.02 Å². The van der Waals surface area contributed by atoms with Crippen LogP contribution in [-0.4, -0.2) is 66.9 Å². The van der Waals surface area contributed by atoms with E-state index in [4.69, 9.17) is 21.1 Å². The highest BCUT2D eigenvalue weighted by Crippen LogP contribution is 2.47. The van der Waals surface area contributed by atoms with Crippen LogP contribution in [0.4, 0.5) is 5.69 Å². The highest BCUT2D eigenvalue weighted by molar-refractivity contribution is 7.90. The molecule has 2 heterocycles. The van der Waals surface area contributed by atoms with Gasteiger partial charge in [-0.25, -0.2) is 26.3 Å². The van der Waals surface area contributed by atoms with Gasteiger partial charge >= 0.3 is 0 Å². The largest absolute Gasteiger partial charge is 0.490 e. The monoisotopic (exact) mass is 799 g/mol. The molecule has 3 aromatic carbocycles. The van der Waals surface area contributed by atoms with E-state index in [0.29, 0.717) is 36.9 Å². The Morgan fingerprint density at radius 1 is 1.09 bits per heavy atom. The Hall–Kier alpha value is -3.42.